The van der Waals surface area contributed by atoms with E-state index in [2.05, 4.69) is 5.32 Å². The molecule has 1 aromatic carbocycles. The molecule has 0 radical (unpaired) electrons. The average molecular weight is 197 g/mol. The van der Waals surface area contributed by atoms with E-state index in [9.17, 15) is 8.78 Å². The molecule has 76 valence electrons. The topological polar surface area (TPSA) is 12.0 Å². The first kappa shape index (κ1) is 10.9. The van der Waals surface area contributed by atoms with Crippen molar-refractivity contribution in [1.82, 2.24) is 5.32 Å². The van der Waals surface area contributed by atoms with E-state index in [-0.39, 0.29) is 0 Å². The predicted octanol–water partition coefficient (Wildman–Crippen LogP) is 2.59. The van der Waals surface area contributed by atoms with Gasteiger partial charge in [-0.15, -0.1) is 0 Å². The van der Waals surface area contributed by atoms with Crippen LogP contribution in [0.4, 0.5) is 8.78 Å². The molecule has 0 heterocycles. The minimum atomic E-state index is -0.548. The fourth-order valence-corrected chi connectivity index (χ4v) is 1.09. The maximum atomic E-state index is 12.7. The van der Waals surface area contributed by atoms with E-state index in [1.165, 1.54) is 12.1 Å². The minimum absolute atomic E-state index is 0.542. The van der Waals surface area contributed by atoms with Crippen LogP contribution in [0.3, 0.4) is 0 Å². The summed E-state index contributed by atoms with van der Waals surface area (Å²) < 4.78 is 25.4. The summed E-state index contributed by atoms with van der Waals surface area (Å²) in [6.07, 6.45) is 3.52. The molecule has 0 aliphatic heterocycles. The Morgan fingerprint density at radius 1 is 1.21 bits per heavy atom. The highest BCUT2D eigenvalue weighted by atomic mass is 19.1. The van der Waals surface area contributed by atoms with Crippen molar-refractivity contribution < 1.29 is 8.78 Å². The first-order valence-electron chi connectivity index (χ1n) is 4.55. The third-order valence-electron chi connectivity index (χ3n) is 1.71. The van der Waals surface area contributed by atoms with Gasteiger partial charge in [-0.2, -0.15) is 0 Å². The van der Waals surface area contributed by atoms with Gasteiger partial charge in [-0.25, -0.2) is 8.78 Å². The second kappa shape index (κ2) is 5.50. The lowest BCUT2D eigenvalue weighted by molar-refractivity contribution is 0.583. The summed E-state index contributed by atoms with van der Waals surface area (Å²) in [7, 11) is 0. The number of nitrogens with one attached hydrogen (secondary N) is 1. The van der Waals surface area contributed by atoms with Gasteiger partial charge in [0.25, 0.3) is 0 Å². The Morgan fingerprint density at radius 2 is 1.86 bits per heavy atom. The molecule has 3 heteroatoms. The van der Waals surface area contributed by atoms with Gasteiger partial charge in [0.1, 0.15) is 11.6 Å². The Bertz CT molecular complexity index is 301. The molecule has 0 spiro atoms. The van der Waals surface area contributed by atoms with Crippen LogP contribution < -0.4 is 5.32 Å². The third-order valence-corrected chi connectivity index (χ3v) is 1.71. The van der Waals surface area contributed by atoms with Gasteiger partial charge >= 0.3 is 0 Å². The summed E-state index contributed by atoms with van der Waals surface area (Å²) >= 11 is 0. The Kier molecular flexibility index (Phi) is 4.26. The number of hydrogen-bond acceptors (Lipinski definition) is 1. The van der Waals surface area contributed by atoms with Crippen molar-refractivity contribution in [2.75, 3.05) is 13.1 Å². The average Bonchev–Trinajstić information content (AvgIpc) is 2.11. The molecule has 1 aromatic rings. The smallest absolute Gasteiger partial charge is 0.126 e. The number of rotatable bonds is 4. The molecule has 0 aromatic heterocycles. The van der Waals surface area contributed by atoms with Crippen LogP contribution in [-0.2, 0) is 0 Å². The Morgan fingerprint density at radius 3 is 2.43 bits per heavy atom. The lowest BCUT2D eigenvalue weighted by atomic mass is 10.2. The van der Waals surface area contributed by atoms with Gasteiger partial charge in [0.15, 0.2) is 0 Å². The summed E-state index contributed by atoms with van der Waals surface area (Å²) in [5.41, 5.74) is 0.542. The zero-order valence-electron chi connectivity index (χ0n) is 8.06. The van der Waals surface area contributed by atoms with Crippen molar-refractivity contribution in [1.29, 1.82) is 0 Å². The first-order valence-corrected chi connectivity index (χ1v) is 4.55. The second-order valence-corrected chi connectivity index (χ2v) is 2.91. The highest BCUT2D eigenvalue weighted by Gasteiger charge is 1.96. The minimum Gasteiger partial charge on any atom is -0.314 e. The molecular formula is C11H13F2N. The Balaban J connectivity index is 2.62. The fraction of sp³-hybridized carbons (Fsp3) is 0.273. The highest BCUT2D eigenvalue weighted by Crippen LogP contribution is 2.08. The number of hydrogen-bond donors (Lipinski definition) is 1. The van der Waals surface area contributed by atoms with Crippen molar-refractivity contribution >= 4 is 6.08 Å². The van der Waals surface area contributed by atoms with Gasteiger partial charge in [0.2, 0.25) is 0 Å². The lowest BCUT2D eigenvalue weighted by Crippen LogP contribution is -2.11. The van der Waals surface area contributed by atoms with Gasteiger partial charge in [-0.05, 0) is 24.2 Å². The Labute approximate surface area is 82.4 Å². The molecule has 0 bridgehead atoms. The Hall–Kier alpha value is -1.22. The molecule has 0 saturated heterocycles. The van der Waals surface area contributed by atoms with Crippen molar-refractivity contribution in [3.8, 4) is 0 Å². The van der Waals surface area contributed by atoms with Crippen LogP contribution >= 0.6 is 0 Å². The largest absolute Gasteiger partial charge is 0.314 e. The van der Waals surface area contributed by atoms with Crippen LogP contribution in [0.25, 0.3) is 6.08 Å². The van der Waals surface area contributed by atoms with E-state index >= 15 is 0 Å². The normalized spacial score (nSPS) is 11.1. The molecule has 0 amide bonds. The lowest BCUT2D eigenvalue weighted by Gasteiger charge is -1.96. The summed E-state index contributed by atoms with van der Waals surface area (Å²) in [4.78, 5) is 0. The van der Waals surface area contributed by atoms with Gasteiger partial charge < -0.3 is 5.32 Å². The molecule has 0 fully saturated rings. The van der Waals surface area contributed by atoms with E-state index < -0.39 is 11.6 Å². The maximum Gasteiger partial charge on any atom is 0.126 e. The van der Waals surface area contributed by atoms with Gasteiger partial charge in [0.05, 0.1) is 0 Å². The van der Waals surface area contributed by atoms with Crippen LogP contribution in [0.2, 0.25) is 0 Å². The molecular weight excluding hydrogens is 184 g/mol. The van der Waals surface area contributed by atoms with Crippen LogP contribution in [0, 0.1) is 11.6 Å². The monoisotopic (exact) mass is 197 g/mol. The summed E-state index contributed by atoms with van der Waals surface area (Å²) in [5, 5.41) is 3.07. The van der Waals surface area contributed by atoms with Crippen molar-refractivity contribution in [3.05, 3.63) is 41.5 Å². The van der Waals surface area contributed by atoms with Crippen LogP contribution in [0.5, 0.6) is 0 Å². The highest BCUT2D eigenvalue weighted by molar-refractivity contribution is 5.49. The van der Waals surface area contributed by atoms with Crippen molar-refractivity contribution in [2.45, 2.75) is 6.92 Å². The molecule has 1 N–H and O–H groups in total. The van der Waals surface area contributed by atoms with Crippen LogP contribution in [-0.4, -0.2) is 13.1 Å². The third kappa shape index (κ3) is 3.66. The molecule has 1 rings (SSSR count). The maximum absolute atomic E-state index is 12.7. The molecule has 0 atom stereocenters. The zero-order valence-corrected chi connectivity index (χ0v) is 8.06. The molecule has 0 aliphatic rings. The van der Waals surface area contributed by atoms with Crippen molar-refractivity contribution in [2.24, 2.45) is 0 Å². The van der Waals surface area contributed by atoms with Crippen LogP contribution in [0.15, 0.2) is 24.3 Å². The first-order chi connectivity index (χ1) is 6.72. The fourth-order valence-electron chi connectivity index (χ4n) is 1.09. The molecule has 1 nitrogen and oxygen atoms in total. The van der Waals surface area contributed by atoms with E-state index in [1.54, 1.807) is 6.08 Å². The van der Waals surface area contributed by atoms with Crippen molar-refractivity contribution in [3.63, 3.8) is 0 Å². The molecule has 0 saturated carbocycles. The zero-order chi connectivity index (χ0) is 10.4. The molecule has 14 heavy (non-hydrogen) atoms. The molecule has 0 aliphatic carbocycles. The van der Waals surface area contributed by atoms with E-state index in [1.807, 2.05) is 13.0 Å². The van der Waals surface area contributed by atoms with E-state index in [4.69, 9.17) is 0 Å². The summed E-state index contributed by atoms with van der Waals surface area (Å²) in [6, 6.07) is 3.46. The van der Waals surface area contributed by atoms with Gasteiger partial charge in [-0.1, -0.05) is 19.1 Å². The summed E-state index contributed by atoms with van der Waals surface area (Å²) in [5.74, 6) is -1.10. The summed E-state index contributed by atoms with van der Waals surface area (Å²) in [6.45, 7) is 3.58. The van der Waals surface area contributed by atoms with Gasteiger partial charge in [0, 0.05) is 12.6 Å². The SMILES string of the molecule is CCNC/C=C/c1cc(F)cc(F)c1. The van der Waals surface area contributed by atoms with E-state index in [0.29, 0.717) is 12.1 Å². The predicted molar refractivity (Wildman–Crippen MR) is 53.9 cm³/mol. The van der Waals surface area contributed by atoms with E-state index in [0.717, 1.165) is 12.6 Å². The molecule has 0 unspecified atom stereocenters. The second-order valence-electron chi connectivity index (χ2n) is 2.91. The van der Waals surface area contributed by atoms with Crippen LogP contribution in [0.1, 0.15) is 12.5 Å². The van der Waals surface area contributed by atoms with Gasteiger partial charge in [-0.3, -0.25) is 0 Å². The number of likely N-dealkylation sites (N-methyl/N-ethyl adjacent to an activating group) is 1. The standard InChI is InChI=1S/C11H13F2N/c1-2-14-5-3-4-9-6-10(12)8-11(13)7-9/h3-4,6-8,14H,2,5H2,1H3/b4-3+. The quantitative estimate of drug-likeness (QED) is 0.731. The number of halogens is 2. The number of benzene rings is 1.